The predicted octanol–water partition coefficient (Wildman–Crippen LogP) is -0.0348. The summed E-state index contributed by atoms with van der Waals surface area (Å²) in [6.07, 6.45) is 0.340. The van der Waals surface area contributed by atoms with E-state index >= 15 is 0 Å². The van der Waals surface area contributed by atoms with Crippen LogP contribution in [-0.2, 0) is 61.6 Å². The van der Waals surface area contributed by atoms with Gasteiger partial charge < -0.3 is 66.7 Å². The first-order valence-electron chi connectivity index (χ1n) is 15.0. The van der Waals surface area contributed by atoms with Gasteiger partial charge >= 0.3 is 0 Å². The molecule has 14 heteroatoms. The lowest BCUT2D eigenvalue weighted by atomic mass is 10.4. The molecular formula is C28H56O14. The van der Waals surface area contributed by atoms with E-state index in [0.717, 1.165) is 6.61 Å². The fourth-order valence-electron chi connectivity index (χ4n) is 3.00. The zero-order valence-electron chi connectivity index (χ0n) is 25.6. The molecule has 0 radical (unpaired) electrons. The normalized spacial score (nSPS) is 15.4. The number of epoxide rings is 1. The second-order valence-electron chi connectivity index (χ2n) is 9.02. The van der Waals surface area contributed by atoms with Gasteiger partial charge in [0.05, 0.1) is 171 Å². The molecule has 0 saturated carbocycles. The molecule has 1 N–H and O–H groups in total. The zero-order valence-corrected chi connectivity index (χ0v) is 25.6. The molecule has 14 nitrogen and oxygen atoms in total. The highest BCUT2D eigenvalue weighted by atomic mass is 16.6. The van der Waals surface area contributed by atoms with E-state index in [2.05, 4.69) is 0 Å². The first-order valence-corrected chi connectivity index (χ1v) is 15.0. The summed E-state index contributed by atoms with van der Waals surface area (Å²) in [6.45, 7) is 14.5. The molecule has 252 valence electrons. The summed E-state index contributed by atoms with van der Waals surface area (Å²) in [6, 6.07) is 0. The van der Waals surface area contributed by atoms with Crippen LogP contribution in [0.25, 0.3) is 0 Å². The Kier molecular flexibility index (Phi) is 31.3. The van der Waals surface area contributed by atoms with Crippen molar-refractivity contribution in [2.75, 3.05) is 165 Å². The van der Waals surface area contributed by atoms with Gasteiger partial charge in [-0.1, -0.05) is 0 Å². The van der Waals surface area contributed by atoms with Crippen LogP contribution < -0.4 is 0 Å². The van der Waals surface area contributed by atoms with Crippen LogP contribution >= 0.6 is 0 Å². The first kappa shape index (κ1) is 39.5. The third kappa shape index (κ3) is 32.4. The Balaban J connectivity index is 1.60. The highest BCUT2D eigenvalue weighted by Gasteiger charge is 2.23. The van der Waals surface area contributed by atoms with Crippen molar-refractivity contribution in [1.29, 1.82) is 0 Å². The molecule has 0 aliphatic carbocycles. The molecule has 1 aliphatic heterocycles. The van der Waals surface area contributed by atoms with E-state index in [1.165, 1.54) is 0 Å². The minimum absolute atomic E-state index is 0.0258. The Bertz CT molecular complexity index is 515. The quantitative estimate of drug-likeness (QED) is 0.0737. The molecule has 1 saturated heterocycles. The summed E-state index contributed by atoms with van der Waals surface area (Å²) >= 11 is 0. The van der Waals surface area contributed by atoms with Crippen molar-refractivity contribution >= 4 is 0 Å². The maximum atomic E-state index is 8.57. The second kappa shape index (κ2) is 33.3. The maximum Gasteiger partial charge on any atom is 0.104 e. The number of ether oxygens (including phenoxy) is 13. The van der Waals surface area contributed by atoms with E-state index in [0.29, 0.717) is 152 Å². The lowest BCUT2D eigenvalue weighted by molar-refractivity contribution is -0.0373. The maximum absolute atomic E-state index is 8.57. The fourth-order valence-corrected chi connectivity index (χ4v) is 3.00. The summed E-state index contributed by atoms with van der Waals surface area (Å²) in [5.74, 6) is 0. The summed E-state index contributed by atoms with van der Waals surface area (Å²) in [5, 5.41) is 8.57. The Morgan fingerprint density at radius 2 is 0.738 bits per heavy atom. The Morgan fingerprint density at radius 3 is 1.00 bits per heavy atom. The topological polar surface area (TPSA) is 144 Å². The predicted molar refractivity (Wildman–Crippen MR) is 151 cm³/mol. The molecule has 2 atom stereocenters. The van der Waals surface area contributed by atoms with Gasteiger partial charge in [-0.15, -0.1) is 0 Å². The molecule has 42 heavy (non-hydrogen) atoms. The summed E-state index contributed by atoms with van der Waals surface area (Å²) < 4.78 is 70.2. The van der Waals surface area contributed by atoms with E-state index in [4.69, 9.17) is 66.7 Å². The SMILES string of the molecule is CC(COCCOCCOCCOCCOCCOCCOCCOCCOCCOCCOCCO)OCC1CO1. The average Bonchev–Trinajstić information content (AvgIpc) is 3.83. The van der Waals surface area contributed by atoms with Gasteiger partial charge in [0.25, 0.3) is 0 Å². The molecule has 0 amide bonds. The minimum Gasteiger partial charge on any atom is -0.394 e. The van der Waals surface area contributed by atoms with Gasteiger partial charge in [-0.2, -0.15) is 0 Å². The summed E-state index contributed by atoms with van der Waals surface area (Å²) in [5.41, 5.74) is 0. The number of hydrogen-bond donors (Lipinski definition) is 1. The first-order chi connectivity index (χ1) is 20.8. The third-order valence-electron chi connectivity index (χ3n) is 5.28. The van der Waals surface area contributed by atoms with Crippen molar-refractivity contribution in [3.05, 3.63) is 0 Å². The van der Waals surface area contributed by atoms with Crippen LogP contribution in [-0.4, -0.2) is 182 Å². The highest BCUT2D eigenvalue weighted by Crippen LogP contribution is 2.09. The molecule has 0 bridgehead atoms. The van der Waals surface area contributed by atoms with Crippen molar-refractivity contribution < 1.29 is 66.7 Å². The van der Waals surface area contributed by atoms with Gasteiger partial charge in [0.15, 0.2) is 0 Å². The van der Waals surface area contributed by atoms with Gasteiger partial charge in [-0.25, -0.2) is 0 Å². The number of aliphatic hydroxyl groups is 1. The molecule has 0 spiro atoms. The Morgan fingerprint density at radius 1 is 0.476 bits per heavy atom. The summed E-state index contributed by atoms with van der Waals surface area (Å²) in [4.78, 5) is 0. The van der Waals surface area contributed by atoms with Crippen LogP contribution in [0.15, 0.2) is 0 Å². The van der Waals surface area contributed by atoms with Crippen molar-refractivity contribution in [1.82, 2.24) is 0 Å². The van der Waals surface area contributed by atoms with Crippen molar-refractivity contribution in [2.45, 2.75) is 19.1 Å². The van der Waals surface area contributed by atoms with Crippen molar-refractivity contribution in [2.24, 2.45) is 0 Å². The third-order valence-corrected chi connectivity index (χ3v) is 5.28. The lowest BCUT2D eigenvalue weighted by Crippen LogP contribution is -2.20. The van der Waals surface area contributed by atoms with Gasteiger partial charge in [-0.3, -0.25) is 0 Å². The van der Waals surface area contributed by atoms with Crippen LogP contribution in [0.4, 0.5) is 0 Å². The van der Waals surface area contributed by atoms with E-state index in [1.807, 2.05) is 6.92 Å². The monoisotopic (exact) mass is 616 g/mol. The van der Waals surface area contributed by atoms with Crippen LogP contribution in [0.3, 0.4) is 0 Å². The molecule has 2 unspecified atom stereocenters. The van der Waals surface area contributed by atoms with Gasteiger partial charge in [0.1, 0.15) is 6.10 Å². The van der Waals surface area contributed by atoms with Gasteiger partial charge in [-0.05, 0) is 6.92 Å². The van der Waals surface area contributed by atoms with Crippen molar-refractivity contribution in [3.63, 3.8) is 0 Å². The molecular weight excluding hydrogens is 560 g/mol. The lowest BCUT2D eigenvalue weighted by Gasteiger charge is -2.12. The summed E-state index contributed by atoms with van der Waals surface area (Å²) in [7, 11) is 0. The molecule has 0 aromatic carbocycles. The fraction of sp³-hybridized carbons (Fsp3) is 1.00. The van der Waals surface area contributed by atoms with Crippen LogP contribution in [0.5, 0.6) is 0 Å². The standard InChI is InChI=1S/C28H56O14/c1-27(41-25-28-26-42-28)24-40-23-22-39-21-20-38-19-18-37-17-16-36-15-14-35-13-12-34-11-10-33-9-8-32-7-6-31-5-4-30-3-2-29/h27-29H,2-26H2,1H3. The molecule has 0 aromatic rings. The van der Waals surface area contributed by atoms with Gasteiger partial charge in [0, 0.05) is 0 Å². The molecule has 1 heterocycles. The van der Waals surface area contributed by atoms with Crippen LogP contribution in [0.1, 0.15) is 6.92 Å². The second-order valence-corrected chi connectivity index (χ2v) is 9.02. The van der Waals surface area contributed by atoms with Gasteiger partial charge in [0.2, 0.25) is 0 Å². The van der Waals surface area contributed by atoms with E-state index < -0.39 is 0 Å². The van der Waals surface area contributed by atoms with Crippen molar-refractivity contribution in [3.8, 4) is 0 Å². The largest absolute Gasteiger partial charge is 0.394 e. The van der Waals surface area contributed by atoms with E-state index in [1.54, 1.807) is 0 Å². The number of aliphatic hydroxyl groups excluding tert-OH is 1. The highest BCUT2D eigenvalue weighted by molar-refractivity contribution is 4.68. The average molecular weight is 617 g/mol. The van der Waals surface area contributed by atoms with Crippen LogP contribution in [0.2, 0.25) is 0 Å². The molecule has 1 aliphatic rings. The number of rotatable bonds is 37. The Hall–Kier alpha value is -0.560. The Labute approximate surface area is 251 Å². The minimum atomic E-state index is 0.0258. The zero-order chi connectivity index (χ0) is 30.0. The molecule has 0 aromatic heterocycles. The van der Waals surface area contributed by atoms with E-state index in [9.17, 15) is 0 Å². The molecule has 1 fully saturated rings. The number of hydrogen-bond acceptors (Lipinski definition) is 14. The van der Waals surface area contributed by atoms with Crippen LogP contribution in [0, 0.1) is 0 Å². The van der Waals surface area contributed by atoms with E-state index in [-0.39, 0.29) is 18.8 Å². The molecule has 1 rings (SSSR count). The smallest absolute Gasteiger partial charge is 0.104 e.